The number of rotatable bonds is 3. The Hall–Kier alpha value is -1.61. The van der Waals surface area contributed by atoms with Gasteiger partial charge in [-0.3, -0.25) is 4.98 Å². The van der Waals surface area contributed by atoms with Crippen LogP contribution in [0.25, 0.3) is 10.9 Å². The lowest BCUT2D eigenvalue weighted by Crippen LogP contribution is -2.25. The third kappa shape index (κ3) is 2.07. The van der Waals surface area contributed by atoms with Gasteiger partial charge in [-0.25, -0.2) is 0 Å². The summed E-state index contributed by atoms with van der Waals surface area (Å²) < 4.78 is 0. The van der Waals surface area contributed by atoms with Gasteiger partial charge in [-0.1, -0.05) is 6.07 Å². The number of hydrogen-bond acceptors (Lipinski definition) is 3. The molecule has 1 aromatic heterocycles. The number of aromatic nitrogens is 1. The minimum atomic E-state index is 0.274. The van der Waals surface area contributed by atoms with Gasteiger partial charge in [0.1, 0.15) is 0 Å². The SMILES string of the molecule is CC(CN)Nc1cccc2ncccc12. The van der Waals surface area contributed by atoms with Crippen LogP contribution in [0.4, 0.5) is 5.69 Å². The Morgan fingerprint density at radius 2 is 2.20 bits per heavy atom. The molecule has 1 aromatic carbocycles. The molecule has 3 nitrogen and oxygen atoms in total. The summed E-state index contributed by atoms with van der Waals surface area (Å²) in [4.78, 5) is 4.30. The molecule has 0 saturated carbocycles. The fraction of sp³-hybridized carbons (Fsp3) is 0.250. The molecule has 0 fully saturated rings. The van der Waals surface area contributed by atoms with Crippen LogP contribution in [0.1, 0.15) is 6.92 Å². The van der Waals surface area contributed by atoms with Gasteiger partial charge in [0.15, 0.2) is 0 Å². The minimum Gasteiger partial charge on any atom is -0.381 e. The molecule has 3 N–H and O–H groups in total. The highest BCUT2D eigenvalue weighted by Crippen LogP contribution is 2.21. The number of nitrogens with zero attached hydrogens (tertiary/aromatic N) is 1. The first kappa shape index (κ1) is 9.93. The van der Waals surface area contributed by atoms with E-state index in [-0.39, 0.29) is 6.04 Å². The average molecular weight is 201 g/mol. The molecule has 1 atom stereocenters. The van der Waals surface area contributed by atoms with Crippen molar-refractivity contribution in [1.82, 2.24) is 4.98 Å². The number of fused-ring (bicyclic) bond motifs is 1. The predicted octanol–water partition coefficient (Wildman–Crippen LogP) is 1.99. The lowest BCUT2D eigenvalue weighted by molar-refractivity contribution is 0.805. The Labute approximate surface area is 89.3 Å². The molecule has 0 radical (unpaired) electrons. The van der Waals surface area contributed by atoms with Crippen molar-refractivity contribution in [2.45, 2.75) is 13.0 Å². The zero-order valence-electron chi connectivity index (χ0n) is 8.77. The number of nitrogens with two attached hydrogens (primary N) is 1. The van der Waals surface area contributed by atoms with Crippen LogP contribution in [0.15, 0.2) is 36.5 Å². The smallest absolute Gasteiger partial charge is 0.0722 e. The Balaban J connectivity index is 2.42. The minimum absolute atomic E-state index is 0.274. The van der Waals surface area contributed by atoms with Crippen LogP contribution in [0.3, 0.4) is 0 Å². The van der Waals surface area contributed by atoms with Gasteiger partial charge < -0.3 is 11.1 Å². The molecular formula is C12H15N3. The van der Waals surface area contributed by atoms with E-state index in [0.29, 0.717) is 6.54 Å². The maximum absolute atomic E-state index is 5.59. The van der Waals surface area contributed by atoms with E-state index in [2.05, 4.69) is 29.4 Å². The normalized spacial score (nSPS) is 12.7. The van der Waals surface area contributed by atoms with E-state index in [9.17, 15) is 0 Å². The van der Waals surface area contributed by atoms with Gasteiger partial charge in [0.25, 0.3) is 0 Å². The molecule has 0 aliphatic heterocycles. The van der Waals surface area contributed by atoms with Crippen LogP contribution < -0.4 is 11.1 Å². The lowest BCUT2D eigenvalue weighted by atomic mass is 10.1. The van der Waals surface area contributed by atoms with E-state index in [1.54, 1.807) is 6.20 Å². The molecule has 1 unspecified atom stereocenters. The number of pyridine rings is 1. The van der Waals surface area contributed by atoms with Crippen molar-refractivity contribution in [3.05, 3.63) is 36.5 Å². The molecule has 0 aliphatic carbocycles. The molecule has 0 amide bonds. The summed E-state index contributed by atoms with van der Waals surface area (Å²) in [6, 6.07) is 10.3. The van der Waals surface area contributed by atoms with E-state index in [4.69, 9.17) is 5.73 Å². The molecule has 1 heterocycles. The molecule has 0 aliphatic rings. The highest BCUT2D eigenvalue weighted by molar-refractivity contribution is 5.91. The molecule has 78 valence electrons. The molecule has 15 heavy (non-hydrogen) atoms. The van der Waals surface area contributed by atoms with Crippen molar-refractivity contribution in [3.63, 3.8) is 0 Å². The van der Waals surface area contributed by atoms with Gasteiger partial charge in [0.2, 0.25) is 0 Å². The first-order valence-corrected chi connectivity index (χ1v) is 5.11. The highest BCUT2D eigenvalue weighted by Gasteiger charge is 2.03. The highest BCUT2D eigenvalue weighted by atomic mass is 14.9. The maximum Gasteiger partial charge on any atom is 0.0722 e. The van der Waals surface area contributed by atoms with E-state index < -0.39 is 0 Å². The van der Waals surface area contributed by atoms with Crippen LogP contribution in [0.5, 0.6) is 0 Å². The van der Waals surface area contributed by atoms with Crippen LogP contribution in [0.2, 0.25) is 0 Å². The molecule has 2 rings (SSSR count). The first-order valence-electron chi connectivity index (χ1n) is 5.11. The third-order valence-corrected chi connectivity index (χ3v) is 2.40. The molecular weight excluding hydrogens is 186 g/mol. The van der Waals surface area contributed by atoms with Gasteiger partial charge >= 0.3 is 0 Å². The Morgan fingerprint density at radius 3 is 3.00 bits per heavy atom. The summed E-state index contributed by atoms with van der Waals surface area (Å²) in [5, 5.41) is 4.51. The Kier molecular flexibility index (Phi) is 2.83. The maximum atomic E-state index is 5.59. The van der Waals surface area contributed by atoms with E-state index >= 15 is 0 Å². The average Bonchev–Trinajstić information content (AvgIpc) is 2.29. The molecule has 0 saturated heterocycles. The molecule has 0 spiro atoms. The van der Waals surface area contributed by atoms with Crippen LogP contribution >= 0.6 is 0 Å². The zero-order chi connectivity index (χ0) is 10.7. The van der Waals surface area contributed by atoms with Crippen LogP contribution in [0, 0.1) is 0 Å². The largest absolute Gasteiger partial charge is 0.381 e. The second-order valence-electron chi connectivity index (χ2n) is 3.66. The van der Waals surface area contributed by atoms with Crippen molar-refractivity contribution in [3.8, 4) is 0 Å². The second-order valence-corrected chi connectivity index (χ2v) is 3.66. The van der Waals surface area contributed by atoms with Gasteiger partial charge in [-0.15, -0.1) is 0 Å². The molecule has 3 heteroatoms. The predicted molar refractivity (Wildman–Crippen MR) is 63.9 cm³/mol. The summed E-state index contributed by atoms with van der Waals surface area (Å²) in [5.74, 6) is 0. The van der Waals surface area contributed by atoms with Crippen molar-refractivity contribution in [2.24, 2.45) is 5.73 Å². The summed E-state index contributed by atoms with van der Waals surface area (Å²) in [6.45, 7) is 2.69. The first-order chi connectivity index (χ1) is 7.31. The van der Waals surface area contributed by atoms with Crippen molar-refractivity contribution < 1.29 is 0 Å². The van der Waals surface area contributed by atoms with E-state index in [1.165, 1.54) is 0 Å². The second kappa shape index (κ2) is 4.28. The van der Waals surface area contributed by atoms with Gasteiger partial charge in [-0.2, -0.15) is 0 Å². The summed E-state index contributed by atoms with van der Waals surface area (Å²) in [7, 11) is 0. The Morgan fingerprint density at radius 1 is 1.33 bits per heavy atom. The van der Waals surface area contributed by atoms with E-state index in [0.717, 1.165) is 16.6 Å². The van der Waals surface area contributed by atoms with Crippen LogP contribution in [-0.4, -0.2) is 17.6 Å². The quantitative estimate of drug-likeness (QED) is 0.798. The topological polar surface area (TPSA) is 50.9 Å². The fourth-order valence-electron chi connectivity index (χ4n) is 1.55. The zero-order valence-corrected chi connectivity index (χ0v) is 8.77. The number of anilines is 1. The summed E-state index contributed by atoms with van der Waals surface area (Å²) in [5.41, 5.74) is 7.69. The van der Waals surface area contributed by atoms with Gasteiger partial charge in [-0.05, 0) is 31.2 Å². The van der Waals surface area contributed by atoms with Crippen molar-refractivity contribution in [2.75, 3.05) is 11.9 Å². The molecule has 2 aromatic rings. The van der Waals surface area contributed by atoms with Gasteiger partial charge in [0, 0.05) is 29.9 Å². The van der Waals surface area contributed by atoms with E-state index in [1.807, 2.05) is 18.2 Å². The Bertz CT molecular complexity index is 448. The number of benzene rings is 1. The molecule has 0 bridgehead atoms. The third-order valence-electron chi connectivity index (χ3n) is 2.40. The summed E-state index contributed by atoms with van der Waals surface area (Å²) in [6.07, 6.45) is 1.80. The van der Waals surface area contributed by atoms with Crippen LogP contribution in [-0.2, 0) is 0 Å². The van der Waals surface area contributed by atoms with Crippen molar-refractivity contribution >= 4 is 16.6 Å². The number of nitrogens with one attached hydrogen (secondary N) is 1. The van der Waals surface area contributed by atoms with Gasteiger partial charge in [0.05, 0.1) is 5.52 Å². The van der Waals surface area contributed by atoms with Crippen molar-refractivity contribution in [1.29, 1.82) is 0 Å². The fourth-order valence-corrected chi connectivity index (χ4v) is 1.55. The lowest BCUT2D eigenvalue weighted by Gasteiger charge is -2.14. The monoisotopic (exact) mass is 201 g/mol. The standard InChI is InChI=1S/C12H15N3/c1-9(8-13)15-12-6-2-5-11-10(12)4-3-7-14-11/h2-7,9,15H,8,13H2,1H3. The summed E-state index contributed by atoms with van der Waals surface area (Å²) >= 11 is 0. The number of hydrogen-bond donors (Lipinski definition) is 2.